The molecule has 0 spiro atoms. The molecule has 6 heteroatoms. The van der Waals surface area contributed by atoms with Crippen LogP contribution in [0.1, 0.15) is 18.1 Å². The molecule has 0 amide bonds. The standard InChI is InChI=1S/C17H17ClN2O3/c1-11-6-8-13(9-7-11)16(19)20-23-17(21)12(2)22-15-5-3-4-14(18)10-15/h3-10,12H,1-2H3,(H2,19,20)/t12-/m0/s1. The summed E-state index contributed by atoms with van der Waals surface area (Å²) in [6.45, 7) is 3.52. The maximum atomic E-state index is 11.9. The fourth-order valence-electron chi connectivity index (χ4n) is 1.74. The second-order valence-electron chi connectivity index (χ2n) is 4.97. The number of nitrogens with zero attached hydrogens (tertiary/aromatic N) is 1. The van der Waals surface area contributed by atoms with Gasteiger partial charge < -0.3 is 15.3 Å². The Hall–Kier alpha value is -2.53. The second kappa shape index (κ2) is 7.65. The minimum atomic E-state index is -0.844. The van der Waals surface area contributed by atoms with Gasteiger partial charge in [0.2, 0.25) is 0 Å². The van der Waals surface area contributed by atoms with E-state index in [1.807, 2.05) is 19.1 Å². The van der Waals surface area contributed by atoms with Crippen molar-refractivity contribution in [1.29, 1.82) is 0 Å². The Morgan fingerprint density at radius 3 is 2.57 bits per heavy atom. The highest BCUT2D eigenvalue weighted by Gasteiger charge is 2.17. The monoisotopic (exact) mass is 332 g/mol. The Morgan fingerprint density at radius 1 is 1.22 bits per heavy atom. The van der Waals surface area contributed by atoms with E-state index >= 15 is 0 Å². The molecular weight excluding hydrogens is 316 g/mol. The lowest BCUT2D eigenvalue weighted by atomic mass is 10.1. The average Bonchev–Trinajstić information content (AvgIpc) is 2.53. The molecule has 0 saturated heterocycles. The number of aryl methyl sites for hydroxylation is 1. The minimum Gasteiger partial charge on any atom is -0.479 e. The predicted octanol–water partition coefficient (Wildman–Crippen LogP) is 3.28. The van der Waals surface area contributed by atoms with Crippen LogP contribution in [0.4, 0.5) is 0 Å². The first kappa shape index (κ1) is 16.8. The van der Waals surface area contributed by atoms with Crippen LogP contribution < -0.4 is 10.5 Å². The van der Waals surface area contributed by atoms with Crippen molar-refractivity contribution in [3.05, 3.63) is 64.7 Å². The van der Waals surface area contributed by atoms with E-state index in [2.05, 4.69) is 5.16 Å². The molecule has 0 fully saturated rings. The lowest BCUT2D eigenvalue weighted by molar-refractivity contribution is -0.151. The van der Waals surface area contributed by atoms with E-state index in [-0.39, 0.29) is 5.84 Å². The highest BCUT2D eigenvalue weighted by Crippen LogP contribution is 2.18. The van der Waals surface area contributed by atoms with Gasteiger partial charge in [0, 0.05) is 10.6 Å². The summed E-state index contributed by atoms with van der Waals surface area (Å²) in [4.78, 5) is 16.7. The number of carbonyl (C=O) groups excluding carboxylic acids is 1. The third-order valence-electron chi connectivity index (χ3n) is 3.02. The molecule has 0 unspecified atom stereocenters. The van der Waals surface area contributed by atoms with Crippen molar-refractivity contribution in [3.8, 4) is 5.75 Å². The van der Waals surface area contributed by atoms with Crippen LogP contribution in [0.5, 0.6) is 5.75 Å². The van der Waals surface area contributed by atoms with Gasteiger partial charge in [-0.1, -0.05) is 52.7 Å². The molecule has 0 aliphatic heterocycles. The number of amidine groups is 1. The lowest BCUT2D eigenvalue weighted by Crippen LogP contribution is -2.26. The molecule has 0 heterocycles. The van der Waals surface area contributed by atoms with E-state index in [0.717, 1.165) is 5.56 Å². The largest absolute Gasteiger partial charge is 0.479 e. The number of hydrogen-bond donors (Lipinski definition) is 1. The van der Waals surface area contributed by atoms with Crippen LogP contribution in [0.15, 0.2) is 53.7 Å². The topological polar surface area (TPSA) is 73.9 Å². The molecule has 2 rings (SSSR count). The van der Waals surface area contributed by atoms with Gasteiger partial charge in [-0.05, 0) is 32.0 Å². The number of carbonyl (C=O) groups is 1. The smallest absolute Gasteiger partial charge is 0.374 e. The molecule has 0 bridgehead atoms. The highest BCUT2D eigenvalue weighted by atomic mass is 35.5. The minimum absolute atomic E-state index is 0.119. The molecule has 0 aliphatic rings. The molecule has 23 heavy (non-hydrogen) atoms. The summed E-state index contributed by atoms with van der Waals surface area (Å²) < 4.78 is 5.44. The van der Waals surface area contributed by atoms with Gasteiger partial charge in [0.25, 0.3) is 0 Å². The molecule has 0 radical (unpaired) electrons. The summed E-state index contributed by atoms with van der Waals surface area (Å²) in [5.41, 5.74) is 7.55. The molecule has 2 aromatic rings. The number of ether oxygens (including phenoxy) is 1. The number of hydrogen-bond acceptors (Lipinski definition) is 4. The number of oxime groups is 1. The van der Waals surface area contributed by atoms with E-state index < -0.39 is 12.1 Å². The first-order valence-corrected chi connectivity index (χ1v) is 7.37. The van der Waals surface area contributed by atoms with Crippen molar-refractivity contribution >= 4 is 23.4 Å². The lowest BCUT2D eigenvalue weighted by Gasteiger charge is -2.12. The van der Waals surface area contributed by atoms with Crippen molar-refractivity contribution < 1.29 is 14.4 Å². The normalized spacial score (nSPS) is 12.6. The van der Waals surface area contributed by atoms with Gasteiger partial charge in [-0.3, -0.25) is 0 Å². The quantitative estimate of drug-likeness (QED) is 0.394. The number of halogens is 1. The van der Waals surface area contributed by atoms with Crippen LogP contribution in [-0.4, -0.2) is 17.9 Å². The zero-order valence-corrected chi connectivity index (χ0v) is 13.6. The molecular formula is C17H17ClN2O3. The van der Waals surface area contributed by atoms with Crippen molar-refractivity contribution in [2.24, 2.45) is 10.9 Å². The fourth-order valence-corrected chi connectivity index (χ4v) is 1.92. The number of benzene rings is 2. The van der Waals surface area contributed by atoms with E-state index in [0.29, 0.717) is 16.3 Å². The summed E-state index contributed by atoms with van der Waals surface area (Å²) in [6.07, 6.45) is -0.844. The molecule has 2 N–H and O–H groups in total. The van der Waals surface area contributed by atoms with Crippen LogP contribution in [-0.2, 0) is 9.63 Å². The number of rotatable bonds is 5. The van der Waals surface area contributed by atoms with Crippen molar-refractivity contribution in [3.63, 3.8) is 0 Å². The van der Waals surface area contributed by atoms with E-state index in [1.54, 1.807) is 43.3 Å². The Morgan fingerprint density at radius 2 is 1.91 bits per heavy atom. The van der Waals surface area contributed by atoms with Crippen LogP contribution >= 0.6 is 11.6 Å². The van der Waals surface area contributed by atoms with Gasteiger partial charge in [0.15, 0.2) is 11.9 Å². The van der Waals surface area contributed by atoms with Gasteiger partial charge in [-0.2, -0.15) is 0 Å². The molecule has 0 aromatic heterocycles. The molecule has 0 aliphatic carbocycles. The number of nitrogens with two attached hydrogens (primary N) is 1. The Balaban J connectivity index is 1.95. The molecule has 0 saturated carbocycles. The maximum Gasteiger partial charge on any atom is 0.374 e. The van der Waals surface area contributed by atoms with Gasteiger partial charge in [0.05, 0.1) is 0 Å². The predicted molar refractivity (Wildman–Crippen MR) is 89.5 cm³/mol. The van der Waals surface area contributed by atoms with Crippen molar-refractivity contribution in [1.82, 2.24) is 0 Å². The van der Waals surface area contributed by atoms with E-state index in [9.17, 15) is 4.79 Å². The Bertz CT molecular complexity index is 714. The summed E-state index contributed by atoms with van der Waals surface area (Å²) >= 11 is 5.85. The van der Waals surface area contributed by atoms with Crippen LogP contribution in [0.3, 0.4) is 0 Å². The highest BCUT2D eigenvalue weighted by molar-refractivity contribution is 6.30. The summed E-state index contributed by atoms with van der Waals surface area (Å²) in [5.74, 6) is -0.0641. The van der Waals surface area contributed by atoms with Crippen molar-refractivity contribution in [2.75, 3.05) is 0 Å². The maximum absolute atomic E-state index is 11.9. The summed E-state index contributed by atoms with van der Waals surface area (Å²) in [6, 6.07) is 14.1. The van der Waals surface area contributed by atoms with Gasteiger partial charge >= 0.3 is 5.97 Å². The third-order valence-corrected chi connectivity index (χ3v) is 3.26. The zero-order valence-electron chi connectivity index (χ0n) is 12.8. The third kappa shape index (κ3) is 5.00. The molecule has 120 valence electrons. The van der Waals surface area contributed by atoms with E-state index in [1.165, 1.54) is 0 Å². The van der Waals surface area contributed by atoms with Crippen LogP contribution in [0, 0.1) is 6.92 Å². The van der Waals surface area contributed by atoms with Crippen molar-refractivity contribution in [2.45, 2.75) is 20.0 Å². The van der Waals surface area contributed by atoms with Gasteiger partial charge in [-0.25, -0.2) is 4.79 Å². The Labute approximate surface area is 139 Å². The van der Waals surface area contributed by atoms with Crippen LogP contribution in [0.25, 0.3) is 0 Å². The SMILES string of the molecule is Cc1ccc(/C(N)=N\OC(=O)[C@H](C)Oc2cccc(Cl)c2)cc1. The first-order chi connectivity index (χ1) is 11.0. The molecule has 5 nitrogen and oxygen atoms in total. The zero-order chi connectivity index (χ0) is 16.8. The summed E-state index contributed by atoms with van der Waals surface area (Å²) in [7, 11) is 0. The second-order valence-corrected chi connectivity index (χ2v) is 5.41. The summed E-state index contributed by atoms with van der Waals surface area (Å²) in [5, 5.41) is 4.16. The molecule has 2 aromatic carbocycles. The first-order valence-electron chi connectivity index (χ1n) is 6.99. The average molecular weight is 333 g/mol. The van der Waals surface area contributed by atoms with E-state index in [4.69, 9.17) is 26.9 Å². The molecule has 1 atom stereocenters. The fraction of sp³-hybridized carbons (Fsp3) is 0.176. The Kier molecular flexibility index (Phi) is 5.60. The van der Waals surface area contributed by atoms with Gasteiger partial charge in [-0.15, -0.1) is 0 Å². The van der Waals surface area contributed by atoms with Gasteiger partial charge in [0.1, 0.15) is 5.75 Å². The van der Waals surface area contributed by atoms with Crippen LogP contribution in [0.2, 0.25) is 5.02 Å².